The minimum absolute atomic E-state index is 0.259. The highest BCUT2D eigenvalue weighted by molar-refractivity contribution is 5.69. The van der Waals surface area contributed by atoms with Gasteiger partial charge in [0.05, 0.1) is 6.54 Å². The van der Waals surface area contributed by atoms with Crippen LogP contribution in [0.2, 0.25) is 0 Å². The molecule has 0 atom stereocenters. The van der Waals surface area contributed by atoms with Crippen molar-refractivity contribution in [2.75, 3.05) is 6.54 Å². The summed E-state index contributed by atoms with van der Waals surface area (Å²) in [5, 5.41) is 1.03. The van der Waals surface area contributed by atoms with Gasteiger partial charge in [-0.2, -0.15) is 0 Å². The van der Waals surface area contributed by atoms with Crippen LogP contribution in [-0.4, -0.2) is 23.7 Å². The Hall–Kier alpha value is -1.10. The predicted octanol–water partition coefficient (Wildman–Crippen LogP) is 4.02. The van der Waals surface area contributed by atoms with Crippen LogP contribution in [-0.2, 0) is 19.3 Å². The highest BCUT2D eigenvalue weighted by Crippen LogP contribution is 2.11. The molecule has 5 heteroatoms. The van der Waals surface area contributed by atoms with Crippen LogP contribution in [0.3, 0.4) is 0 Å². The Morgan fingerprint density at radius 1 is 0.857 bits per heavy atom. The third-order valence-electron chi connectivity index (χ3n) is 3.11. The molecule has 0 N–H and O–H groups in total. The van der Waals surface area contributed by atoms with Gasteiger partial charge in [0.15, 0.2) is 0 Å². The van der Waals surface area contributed by atoms with Crippen LogP contribution < -0.4 is 0 Å². The predicted molar refractivity (Wildman–Crippen MR) is 82.0 cm³/mol. The zero-order chi connectivity index (χ0) is 16.1. The molecule has 0 saturated carbocycles. The first kappa shape index (κ1) is 19.9. The van der Waals surface area contributed by atoms with Gasteiger partial charge in [0.2, 0.25) is 0 Å². The van der Waals surface area contributed by atoms with E-state index in [1.807, 2.05) is 0 Å². The smallest absolute Gasteiger partial charge is 0.328 e. The maximum Gasteiger partial charge on any atom is 0.328 e. The van der Waals surface area contributed by atoms with E-state index in [0.29, 0.717) is 6.54 Å². The molecule has 5 nitrogen and oxygen atoms in total. The summed E-state index contributed by atoms with van der Waals surface area (Å²) in [6.07, 6.45) is 7.32. The van der Waals surface area contributed by atoms with Crippen molar-refractivity contribution >= 4 is 11.9 Å². The second-order valence-corrected chi connectivity index (χ2v) is 5.64. The Balaban J connectivity index is 3.84. The molecule has 124 valence electrons. The molecule has 0 aromatic heterocycles. The molecule has 0 spiro atoms. The first-order valence-corrected chi connectivity index (χ1v) is 8.18. The van der Waals surface area contributed by atoms with E-state index in [0.717, 1.165) is 30.4 Å². The van der Waals surface area contributed by atoms with E-state index in [-0.39, 0.29) is 12.8 Å². The monoisotopic (exact) mass is 301 g/mol. The van der Waals surface area contributed by atoms with Crippen molar-refractivity contribution in [3.05, 3.63) is 0 Å². The summed E-state index contributed by atoms with van der Waals surface area (Å²) in [5.41, 5.74) is 0. The lowest BCUT2D eigenvalue weighted by atomic mass is 10.0. The van der Waals surface area contributed by atoms with Crippen LogP contribution in [0.5, 0.6) is 0 Å². The lowest BCUT2D eigenvalue weighted by Gasteiger charge is -2.19. The van der Waals surface area contributed by atoms with Crippen LogP contribution in [0.15, 0.2) is 0 Å². The van der Waals surface area contributed by atoms with E-state index < -0.39 is 11.9 Å². The number of unbranched alkanes of at least 4 members (excludes halogenated alkanes) is 4. The van der Waals surface area contributed by atoms with E-state index in [4.69, 9.17) is 9.68 Å². The maximum atomic E-state index is 11.3. The first-order valence-electron chi connectivity index (χ1n) is 8.18. The molecule has 0 saturated heterocycles. The summed E-state index contributed by atoms with van der Waals surface area (Å²) in [4.78, 5) is 32.5. The molecule has 0 aromatic carbocycles. The Morgan fingerprint density at radius 3 is 1.81 bits per heavy atom. The zero-order valence-corrected chi connectivity index (χ0v) is 14.0. The normalized spacial score (nSPS) is 11.0. The van der Waals surface area contributed by atoms with E-state index in [2.05, 4.69) is 13.8 Å². The molecule has 0 aliphatic rings. The van der Waals surface area contributed by atoms with Gasteiger partial charge >= 0.3 is 11.9 Å². The molecular formula is C16H31NO4. The largest absolute Gasteiger partial charge is 0.333 e. The van der Waals surface area contributed by atoms with Gasteiger partial charge in [-0.05, 0) is 12.3 Å². The van der Waals surface area contributed by atoms with Crippen molar-refractivity contribution in [2.24, 2.45) is 5.92 Å². The minimum Gasteiger partial charge on any atom is -0.333 e. The molecule has 0 aliphatic carbocycles. The van der Waals surface area contributed by atoms with Crippen molar-refractivity contribution < 1.29 is 19.3 Å². The molecule has 0 heterocycles. The lowest BCUT2D eigenvalue weighted by Crippen LogP contribution is -2.31. The highest BCUT2D eigenvalue weighted by atomic mass is 17.0. The molecule has 0 amide bonds. The van der Waals surface area contributed by atoms with Crippen LogP contribution in [0.1, 0.15) is 79.1 Å². The van der Waals surface area contributed by atoms with Crippen LogP contribution in [0, 0.1) is 5.92 Å². The van der Waals surface area contributed by atoms with Crippen molar-refractivity contribution in [2.45, 2.75) is 79.1 Å². The molecule has 0 unspecified atom stereocenters. The standard InChI is InChI=1S/C16H31NO4/c1-5-15(18)20-17(21-16(19)6-2)13-11-9-7-8-10-12-14(3)4/h14H,5-13H2,1-4H3. The third-order valence-corrected chi connectivity index (χ3v) is 3.11. The fraction of sp³-hybridized carbons (Fsp3) is 0.875. The first-order chi connectivity index (χ1) is 9.99. The van der Waals surface area contributed by atoms with Crippen LogP contribution in [0.4, 0.5) is 0 Å². The van der Waals surface area contributed by atoms with E-state index in [9.17, 15) is 9.59 Å². The van der Waals surface area contributed by atoms with Gasteiger partial charge in [-0.3, -0.25) is 9.59 Å². The van der Waals surface area contributed by atoms with Crippen LogP contribution in [0.25, 0.3) is 0 Å². The average molecular weight is 301 g/mol. The van der Waals surface area contributed by atoms with E-state index in [1.165, 1.54) is 19.3 Å². The molecule has 0 rings (SSSR count). The molecule has 0 bridgehead atoms. The molecule has 21 heavy (non-hydrogen) atoms. The van der Waals surface area contributed by atoms with E-state index in [1.54, 1.807) is 13.8 Å². The molecule has 0 aromatic rings. The van der Waals surface area contributed by atoms with Gasteiger partial charge in [-0.1, -0.05) is 59.8 Å². The average Bonchev–Trinajstić information content (AvgIpc) is 2.45. The number of carbonyl (C=O) groups excluding carboxylic acids is 2. The zero-order valence-electron chi connectivity index (χ0n) is 14.0. The van der Waals surface area contributed by atoms with Gasteiger partial charge < -0.3 is 9.68 Å². The summed E-state index contributed by atoms with van der Waals surface area (Å²) in [6.45, 7) is 8.32. The quantitative estimate of drug-likeness (QED) is 0.402. The van der Waals surface area contributed by atoms with Crippen molar-refractivity contribution in [1.82, 2.24) is 5.23 Å². The van der Waals surface area contributed by atoms with Crippen molar-refractivity contribution in [3.8, 4) is 0 Å². The summed E-state index contributed by atoms with van der Waals surface area (Å²) < 4.78 is 0. The fourth-order valence-corrected chi connectivity index (χ4v) is 1.79. The molecule has 0 radical (unpaired) electrons. The number of rotatable bonds is 12. The summed E-state index contributed by atoms with van der Waals surface area (Å²) in [5.74, 6) is -0.0194. The number of hydrogen-bond donors (Lipinski definition) is 0. The Morgan fingerprint density at radius 2 is 1.33 bits per heavy atom. The minimum atomic E-state index is -0.393. The fourth-order valence-electron chi connectivity index (χ4n) is 1.79. The summed E-state index contributed by atoms with van der Waals surface area (Å²) >= 11 is 0. The van der Waals surface area contributed by atoms with Gasteiger partial charge in [-0.15, -0.1) is 0 Å². The van der Waals surface area contributed by atoms with Crippen molar-refractivity contribution in [1.29, 1.82) is 0 Å². The highest BCUT2D eigenvalue weighted by Gasteiger charge is 2.14. The second kappa shape index (κ2) is 12.6. The molecule has 0 aliphatic heterocycles. The third kappa shape index (κ3) is 12.4. The topological polar surface area (TPSA) is 55.8 Å². The van der Waals surface area contributed by atoms with Crippen LogP contribution >= 0.6 is 0 Å². The summed E-state index contributed by atoms with van der Waals surface area (Å²) in [7, 11) is 0. The number of hydrogen-bond acceptors (Lipinski definition) is 5. The van der Waals surface area contributed by atoms with Crippen molar-refractivity contribution in [3.63, 3.8) is 0 Å². The Kier molecular flexibility index (Phi) is 12.0. The number of carbonyl (C=O) groups is 2. The Bertz CT molecular complexity index is 274. The summed E-state index contributed by atoms with van der Waals surface area (Å²) in [6, 6.07) is 0. The maximum absolute atomic E-state index is 11.3. The van der Waals surface area contributed by atoms with Gasteiger partial charge in [0, 0.05) is 18.1 Å². The number of nitrogens with zero attached hydrogens (tertiary/aromatic N) is 1. The SMILES string of the molecule is CCC(=O)ON(CCCCCCCC(C)C)OC(=O)CC. The van der Waals surface area contributed by atoms with Gasteiger partial charge in [0.25, 0.3) is 0 Å². The number of hydroxylamine groups is 2. The lowest BCUT2D eigenvalue weighted by molar-refractivity contribution is -0.325. The van der Waals surface area contributed by atoms with Gasteiger partial charge in [0.1, 0.15) is 0 Å². The second-order valence-electron chi connectivity index (χ2n) is 5.64. The van der Waals surface area contributed by atoms with E-state index >= 15 is 0 Å². The van der Waals surface area contributed by atoms with Gasteiger partial charge in [-0.25, -0.2) is 0 Å². The molecule has 0 fully saturated rings. The Labute approximate surface area is 128 Å². The molecular weight excluding hydrogens is 270 g/mol.